The molecule has 7 heteroatoms. The van der Waals surface area contributed by atoms with Crippen LogP contribution in [0.1, 0.15) is 12.0 Å². The Balaban J connectivity index is 1.54. The molecule has 0 saturated carbocycles. The van der Waals surface area contributed by atoms with Crippen molar-refractivity contribution in [1.82, 2.24) is 14.8 Å². The summed E-state index contributed by atoms with van der Waals surface area (Å²) in [6, 6.07) is 5.70. The second-order valence-electron chi connectivity index (χ2n) is 6.14. The Labute approximate surface area is 140 Å². The molecular formula is C17H20N4O3. The van der Waals surface area contributed by atoms with Crippen LogP contribution in [0.4, 0.5) is 5.82 Å². The molecule has 24 heavy (non-hydrogen) atoms. The fourth-order valence-corrected chi connectivity index (χ4v) is 3.45. The van der Waals surface area contributed by atoms with Crippen LogP contribution in [0.3, 0.4) is 0 Å². The maximum atomic E-state index is 13.0. The molecule has 1 saturated heterocycles. The fourth-order valence-electron chi connectivity index (χ4n) is 3.45. The van der Waals surface area contributed by atoms with E-state index in [4.69, 9.17) is 9.47 Å². The lowest BCUT2D eigenvalue weighted by molar-refractivity contribution is -0.129. The molecule has 1 fully saturated rings. The Morgan fingerprint density at radius 3 is 3.17 bits per heavy atom. The summed E-state index contributed by atoms with van der Waals surface area (Å²) >= 11 is 0. The summed E-state index contributed by atoms with van der Waals surface area (Å²) in [5.74, 6) is 1.35. The third-order valence-corrected chi connectivity index (χ3v) is 4.70. The summed E-state index contributed by atoms with van der Waals surface area (Å²) in [4.78, 5) is 19.2. The summed E-state index contributed by atoms with van der Waals surface area (Å²) in [7, 11) is 1.58. The first-order valence-corrected chi connectivity index (χ1v) is 8.20. The number of hydrogen-bond donors (Lipinski definition) is 0. The van der Waals surface area contributed by atoms with E-state index in [-0.39, 0.29) is 11.8 Å². The van der Waals surface area contributed by atoms with Crippen LogP contribution in [0, 0.1) is 5.92 Å². The molecule has 0 unspecified atom stereocenters. The van der Waals surface area contributed by atoms with Crippen molar-refractivity contribution in [3.63, 3.8) is 0 Å². The largest absolute Gasteiger partial charge is 0.481 e. The van der Waals surface area contributed by atoms with Crippen molar-refractivity contribution in [1.29, 1.82) is 0 Å². The summed E-state index contributed by atoms with van der Waals surface area (Å²) in [6.07, 6.45) is 4.90. The number of fused-ring (bicyclic) bond motifs is 1. The van der Waals surface area contributed by atoms with E-state index in [0.717, 1.165) is 18.4 Å². The Hall–Kier alpha value is -2.41. The van der Waals surface area contributed by atoms with Gasteiger partial charge in [0, 0.05) is 44.1 Å². The van der Waals surface area contributed by atoms with E-state index in [1.54, 1.807) is 18.2 Å². The molecule has 0 bridgehead atoms. The minimum absolute atomic E-state index is 0.0100. The Bertz CT molecular complexity index is 731. The van der Waals surface area contributed by atoms with Crippen LogP contribution in [0.5, 0.6) is 5.88 Å². The molecule has 1 amide bonds. The molecule has 2 aromatic rings. The highest BCUT2D eigenvalue weighted by Crippen LogP contribution is 2.32. The van der Waals surface area contributed by atoms with Gasteiger partial charge in [-0.15, -0.1) is 0 Å². The van der Waals surface area contributed by atoms with E-state index in [2.05, 4.69) is 10.1 Å². The van der Waals surface area contributed by atoms with E-state index in [0.29, 0.717) is 31.4 Å². The number of ether oxygens (including phenoxy) is 2. The zero-order valence-corrected chi connectivity index (χ0v) is 13.6. The number of carbonyl (C=O) groups excluding carboxylic acids is 1. The molecule has 2 aromatic heterocycles. The number of carbonyl (C=O) groups is 1. The molecule has 2 aliphatic heterocycles. The van der Waals surface area contributed by atoms with Gasteiger partial charge in [0.25, 0.3) is 5.91 Å². The highest BCUT2D eigenvalue weighted by Gasteiger charge is 2.39. The number of anilines is 1. The van der Waals surface area contributed by atoms with E-state index >= 15 is 0 Å². The number of nitrogens with zero attached hydrogens (tertiary/aromatic N) is 4. The normalized spacial score (nSPS) is 22.6. The molecule has 0 N–H and O–H groups in total. The third kappa shape index (κ3) is 2.65. The zero-order valence-electron chi connectivity index (χ0n) is 13.6. The molecule has 0 aliphatic carbocycles. The Morgan fingerprint density at radius 2 is 2.38 bits per heavy atom. The quantitative estimate of drug-likeness (QED) is 0.846. The minimum atomic E-state index is -0.437. The lowest BCUT2D eigenvalue weighted by Crippen LogP contribution is -2.42. The molecule has 0 spiro atoms. The summed E-state index contributed by atoms with van der Waals surface area (Å²) in [6.45, 7) is 1.94. The SMILES string of the molecule is COc1ccc2c(n1)N(C(=O)[C@H]1OCC[C@H]1Cn1cccn1)CC2. The van der Waals surface area contributed by atoms with Crippen LogP contribution in [-0.4, -0.2) is 47.0 Å². The van der Waals surface area contributed by atoms with Gasteiger partial charge in [0.2, 0.25) is 5.88 Å². The first-order valence-electron chi connectivity index (χ1n) is 8.20. The first-order chi connectivity index (χ1) is 11.8. The lowest BCUT2D eigenvalue weighted by Gasteiger charge is -2.24. The molecule has 7 nitrogen and oxygen atoms in total. The van der Waals surface area contributed by atoms with Gasteiger partial charge in [-0.2, -0.15) is 10.1 Å². The topological polar surface area (TPSA) is 69.5 Å². The van der Waals surface area contributed by atoms with Crippen LogP contribution >= 0.6 is 0 Å². The van der Waals surface area contributed by atoms with Crippen LogP contribution in [-0.2, 0) is 22.5 Å². The summed E-state index contributed by atoms with van der Waals surface area (Å²) in [5, 5.41) is 4.24. The standard InChI is InChI=1S/C17H20N4O3/c1-23-14-4-3-12-5-9-21(16(12)19-14)17(22)15-13(6-10-24-15)11-20-8-2-7-18-20/h2-4,7-8,13,15H,5-6,9-11H2,1H3/t13-,15-/m0/s1. The van der Waals surface area contributed by atoms with Crippen molar-refractivity contribution in [2.24, 2.45) is 5.92 Å². The average molecular weight is 328 g/mol. The number of aromatic nitrogens is 3. The molecule has 4 heterocycles. The van der Waals surface area contributed by atoms with Gasteiger partial charge in [0.15, 0.2) is 0 Å². The maximum Gasteiger partial charge on any atom is 0.257 e. The predicted octanol–water partition coefficient (Wildman–Crippen LogP) is 1.28. The van der Waals surface area contributed by atoms with Gasteiger partial charge in [0.1, 0.15) is 11.9 Å². The van der Waals surface area contributed by atoms with E-state index < -0.39 is 6.10 Å². The zero-order chi connectivity index (χ0) is 16.5. The van der Waals surface area contributed by atoms with Crippen LogP contribution in [0.25, 0.3) is 0 Å². The van der Waals surface area contributed by atoms with Crippen molar-refractivity contribution in [2.75, 3.05) is 25.2 Å². The Morgan fingerprint density at radius 1 is 1.46 bits per heavy atom. The van der Waals surface area contributed by atoms with E-state index in [9.17, 15) is 4.79 Å². The molecule has 126 valence electrons. The van der Waals surface area contributed by atoms with Gasteiger partial charge >= 0.3 is 0 Å². The second kappa shape index (κ2) is 6.24. The number of hydrogen-bond acceptors (Lipinski definition) is 5. The number of methoxy groups -OCH3 is 1. The molecule has 0 radical (unpaired) electrons. The fraction of sp³-hybridized carbons (Fsp3) is 0.471. The monoisotopic (exact) mass is 328 g/mol. The summed E-state index contributed by atoms with van der Waals surface area (Å²) in [5.41, 5.74) is 1.07. The molecule has 0 aromatic carbocycles. The van der Waals surface area contributed by atoms with Gasteiger partial charge in [-0.3, -0.25) is 14.4 Å². The van der Waals surface area contributed by atoms with Crippen LogP contribution < -0.4 is 9.64 Å². The first kappa shape index (κ1) is 15.1. The highest BCUT2D eigenvalue weighted by atomic mass is 16.5. The number of amides is 1. The molecule has 2 aliphatic rings. The van der Waals surface area contributed by atoms with Gasteiger partial charge in [0.05, 0.1) is 7.11 Å². The maximum absolute atomic E-state index is 13.0. The van der Waals surface area contributed by atoms with Crippen molar-refractivity contribution in [3.05, 3.63) is 36.2 Å². The van der Waals surface area contributed by atoms with Crippen molar-refractivity contribution >= 4 is 11.7 Å². The lowest BCUT2D eigenvalue weighted by atomic mass is 10.0. The predicted molar refractivity (Wildman–Crippen MR) is 86.9 cm³/mol. The highest BCUT2D eigenvalue weighted by molar-refractivity contribution is 5.97. The third-order valence-electron chi connectivity index (χ3n) is 4.70. The van der Waals surface area contributed by atoms with Crippen LogP contribution in [0.2, 0.25) is 0 Å². The van der Waals surface area contributed by atoms with E-state index in [1.807, 2.05) is 29.1 Å². The van der Waals surface area contributed by atoms with Crippen molar-refractivity contribution in [2.45, 2.75) is 25.5 Å². The molecule has 4 rings (SSSR count). The van der Waals surface area contributed by atoms with Crippen molar-refractivity contribution in [3.8, 4) is 5.88 Å². The van der Waals surface area contributed by atoms with E-state index in [1.165, 1.54) is 0 Å². The van der Waals surface area contributed by atoms with Crippen LogP contribution in [0.15, 0.2) is 30.6 Å². The number of pyridine rings is 1. The number of rotatable bonds is 4. The molecular weight excluding hydrogens is 308 g/mol. The van der Waals surface area contributed by atoms with Gasteiger partial charge < -0.3 is 9.47 Å². The molecule has 2 atom stereocenters. The Kier molecular flexibility index (Phi) is 3.93. The summed E-state index contributed by atoms with van der Waals surface area (Å²) < 4.78 is 12.8. The van der Waals surface area contributed by atoms with Gasteiger partial charge in [-0.05, 0) is 30.5 Å². The second-order valence-corrected chi connectivity index (χ2v) is 6.14. The van der Waals surface area contributed by atoms with Gasteiger partial charge in [-0.1, -0.05) is 0 Å². The average Bonchev–Trinajstić information content (AvgIpc) is 3.34. The van der Waals surface area contributed by atoms with Gasteiger partial charge in [-0.25, -0.2) is 0 Å². The smallest absolute Gasteiger partial charge is 0.257 e. The van der Waals surface area contributed by atoms with Crippen molar-refractivity contribution < 1.29 is 14.3 Å². The minimum Gasteiger partial charge on any atom is -0.481 e.